The van der Waals surface area contributed by atoms with Crippen LogP contribution in [-0.4, -0.2) is 24.6 Å². The number of ketones is 1. The Kier molecular flexibility index (Phi) is 2.01. The van der Waals surface area contributed by atoms with Gasteiger partial charge in [-0.05, 0) is 18.2 Å². The van der Waals surface area contributed by atoms with Crippen LogP contribution >= 0.6 is 0 Å². The van der Waals surface area contributed by atoms with Crippen LogP contribution in [0.3, 0.4) is 0 Å². The van der Waals surface area contributed by atoms with Crippen LogP contribution in [0.15, 0.2) is 18.2 Å². The van der Waals surface area contributed by atoms with Gasteiger partial charge in [-0.2, -0.15) is 0 Å². The average Bonchev–Trinajstić information content (AvgIpc) is 2.68. The first-order valence-electron chi connectivity index (χ1n) is 5.28. The standard InChI is InChI=1S/C12H11FO3/c13-8-1-2-11-9(5-8)10(14)6-12(16-11)3-4-15-7-12/h1-2,5H,3-4,6-7H2. The average molecular weight is 222 g/mol. The van der Waals surface area contributed by atoms with E-state index in [0.717, 1.165) is 6.42 Å². The van der Waals surface area contributed by atoms with E-state index in [0.29, 0.717) is 24.5 Å². The van der Waals surface area contributed by atoms with Crippen molar-refractivity contribution in [3.63, 3.8) is 0 Å². The summed E-state index contributed by atoms with van der Waals surface area (Å²) in [5, 5.41) is 0. The van der Waals surface area contributed by atoms with Crippen molar-refractivity contribution in [2.45, 2.75) is 18.4 Å². The molecule has 0 amide bonds. The van der Waals surface area contributed by atoms with E-state index in [1.165, 1.54) is 18.2 Å². The second-order valence-electron chi connectivity index (χ2n) is 4.33. The van der Waals surface area contributed by atoms with Crippen molar-refractivity contribution in [2.75, 3.05) is 13.2 Å². The van der Waals surface area contributed by atoms with Gasteiger partial charge in [0.15, 0.2) is 5.78 Å². The molecule has 16 heavy (non-hydrogen) atoms. The second kappa shape index (κ2) is 3.28. The first-order valence-corrected chi connectivity index (χ1v) is 5.28. The van der Waals surface area contributed by atoms with E-state index in [9.17, 15) is 9.18 Å². The molecule has 2 heterocycles. The number of Topliss-reactive ketones (excluding diaryl/α,β-unsaturated/α-hetero) is 1. The van der Waals surface area contributed by atoms with Crippen LogP contribution < -0.4 is 4.74 Å². The van der Waals surface area contributed by atoms with Crippen molar-refractivity contribution < 1.29 is 18.7 Å². The zero-order chi connectivity index (χ0) is 11.2. The van der Waals surface area contributed by atoms with Gasteiger partial charge in [0, 0.05) is 6.42 Å². The summed E-state index contributed by atoms with van der Waals surface area (Å²) in [5.74, 6) is 0.00345. The number of hydrogen-bond donors (Lipinski definition) is 0. The quantitative estimate of drug-likeness (QED) is 0.673. The van der Waals surface area contributed by atoms with Crippen LogP contribution in [0.1, 0.15) is 23.2 Å². The van der Waals surface area contributed by atoms with Gasteiger partial charge < -0.3 is 9.47 Å². The summed E-state index contributed by atoms with van der Waals surface area (Å²) in [6.45, 7) is 1.05. The summed E-state index contributed by atoms with van der Waals surface area (Å²) in [4.78, 5) is 11.9. The van der Waals surface area contributed by atoms with Crippen LogP contribution in [0, 0.1) is 5.82 Å². The first kappa shape index (κ1) is 9.78. The molecule has 0 N–H and O–H groups in total. The molecule has 3 rings (SSSR count). The van der Waals surface area contributed by atoms with Crippen LogP contribution in [0.25, 0.3) is 0 Å². The fraction of sp³-hybridized carbons (Fsp3) is 0.417. The third-order valence-corrected chi connectivity index (χ3v) is 3.12. The molecule has 4 heteroatoms. The normalized spacial score (nSPS) is 27.9. The lowest BCUT2D eigenvalue weighted by molar-refractivity contribution is 0.0305. The number of halogens is 1. The van der Waals surface area contributed by atoms with Gasteiger partial charge in [-0.15, -0.1) is 0 Å². The van der Waals surface area contributed by atoms with Gasteiger partial charge in [0.05, 0.1) is 25.2 Å². The smallest absolute Gasteiger partial charge is 0.170 e. The van der Waals surface area contributed by atoms with Crippen molar-refractivity contribution in [3.8, 4) is 5.75 Å². The van der Waals surface area contributed by atoms with E-state index in [4.69, 9.17) is 9.47 Å². The molecule has 1 unspecified atom stereocenters. The van der Waals surface area contributed by atoms with Crippen LogP contribution in [0.2, 0.25) is 0 Å². The molecule has 1 fully saturated rings. The van der Waals surface area contributed by atoms with Crippen LogP contribution in [-0.2, 0) is 4.74 Å². The third kappa shape index (κ3) is 1.41. The molecule has 2 aliphatic rings. The Morgan fingerprint density at radius 3 is 3.00 bits per heavy atom. The molecular formula is C12H11FO3. The van der Waals surface area contributed by atoms with Crippen molar-refractivity contribution in [3.05, 3.63) is 29.6 Å². The first-order chi connectivity index (χ1) is 7.69. The highest BCUT2D eigenvalue weighted by Gasteiger charge is 2.43. The minimum atomic E-state index is -0.512. The molecule has 2 aliphatic heterocycles. The molecule has 0 aromatic heterocycles. The Morgan fingerprint density at radius 1 is 1.38 bits per heavy atom. The van der Waals surface area contributed by atoms with E-state index in [1.54, 1.807) is 0 Å². The zero-order valence-corrected chi connectivity index (χ0v) is 8.66. The van der Waals surface area contributed by atoms with E-state index >= 15 is 0 Å². The molecule has 1 spiro atoms. The molecule has 1 aromatic carbocycles. The molecule has 0 aliphatic carbocycles. The molecule has 0 radical (unpaired) electrons. The van der Waals surface area contributed by atoms with E-state index in [-0.39, 0.29) is 12.2 Å². The number of carbonyl (C=O) groups is 1. The highest BCUT2D eigenvalue weighted by Crippen LogP contribution is 2.37. The van der Waals surface area contributed by atoms with Crippen LogP contribution in [0.4, 0.5) is 4.39 Å². The maximum absolute atomic E-state index is 13.0. The predicted molar refractivity (Wildman–Crippen MR) is 54.1 cm³/mol. The topological polar surface area (TPSA) is 35.5 Å². The van der Waals surface area contributed by atoms with Gasteiger partial charge in [0.1, 0.15) is 17.2 Å². The molecule has 1 aromatic rings. The maximum Gasteiger partial charge on any atom is 0.170 e. The summed E-state index contributed by atoms with van der Waals surface area (Å²) in [7, 11) is 0. The van der Waals surface area contributed by atoms with Crippen molar-refractivity contribution in [2.24, 2.45) is 0 Å². The minimum absolute atomic E-state index is 0.0637. The molecule has 0 bridgehead atoms. The highest BCUT2D eigenvalue weighted by atomic mass is 19.1. The fourth-order valence-electron chi connectivity index (χ4n) is 2.27. The van der Waals surface area contributed by atoms with Crippen LogP contribution in [0.5, 0.6) is 5.75 Å². The van der Waals surface area contributed by atoms with Crippen molar-refractivity contribution in [1.29, 1.82) is 0 Å². The SMILES string of the molecule is O=C1CC2(CCOC2)Oc2ccc(F)cc21. The van der Waals surface area contributed by atoms with E-state index in [2.05, 4.69) is 0 Å². The second-order valence-corrected chi connectivity index (χ2v) is 4.33. The zero-order valence-electron chi connectivity index (χ0n) is 8.66. The molecule has 1 saturated heterocycles. The van der Waals surface area contributed by atoms with Crippen molar-refractivity contribution in [1.82, 2.24) is 0 Å². The Morgan fingerprint density at radius 2 is 2.25 bits per heavy atom. The lowest BCUT2D eigenvalue weighted by Crippen LogP contribution is -2.42. The fourth-order valence-corrected chi connectivity index (χ4v) is 2.27. The number of carbonyl (C=O) groups excluding carboxylic acids is 1. The molecule has 1 atom stereocenters. The molecule has 0 saturated carbocycles. The monoisotopic (exact) mass is 222 g/mol. The molecular weight excluding hydrogens is 211 g/mol. The van der Waals surface area contributed by atoms with Gasteiger partial charge in [0.25, 0.3) is 0 Å². The Hall–Kier alpha value is -1.42. The minimum Gasteiger partial charge on any atom is -0.484 e. The van der Waals surface area contributed by atoms with Gasteiger partial charge in [-0.1, -0.05) is 0 Å². The Labute approximate surface area is 92.2 Å². The lowest BCUT2D eigenvalue weighted by atomic mass is 9.89. The Bertz CT molecular complexity index is 450. The van der Waals surface area contributed by atoms with Crippen molar-refractivity contribution >= 4 is 5.78 Å². The highest BCUT2D eigenvalue weighted by molar-refractivity contribution is 6.00. The van der Waals surface area contributed by atoms with Gasteiger partial charge >= 0.3 is 0 Å². The summed E-state index contributed by atoms with van der Waals surface area (Å²) >= 11 is 0. The maximum atomic E-state index is 13.0. The third-order valence-electron chi connectivity index (χ3n) is 3.12. The largest absolute Gasteiger partial charge is 0.484 e. The van der Waals surface area contributed by atoms with Gasteiger partial charge in [0.2, 0.25) is 0 Å². The van der Waals surface area contributed by atoms with Gasteiger partial charge in [-0.25, -0.2) is 4.39 Å². The summed E-state index contributed by atoms with van der Waals surface area (Å²) in [6, 6.07) is 4.06. The van der Waals surface area contributed by atoms with E-state index in [1.807, 2.05) is 0 Å². The van der Waals surface area contributed by atoms with Gasteiger partial charge in [-0.3, -0.25) is 4.79 Å². The number of fused-ring (bicyclic) bond motifs is 1. The lowest BCUT2D eigenvalue weighted by Gasteiger charge is -2.33. The Balaban J connectivity index is 2.02. The molecule has 3 nitrogen and oxygen atoms in total. The summed E-state index contributed by atoms with van der Waals surface area (Å²) in [6.07, 6.45) is 0.999. The number of hydrogen-bond acceptors (Lipinski definition) is 3. The van der Waals surface area contributed by atoms with E-state index < -0.39 is 11.4 Å². The summed E-state index contributed by atoms with van der Waals surface area (Å²) < 4.78 is 24.1. The number of rotatable bonds is 0. The summed E-state index contributed by atoms with van der Waals surface area (Å²) in [5.41, 5.74) is -0.167. The molecule has 84 valence electrons. The predicted octanol–water partition coefficient (Wildman–Crippen LogP) is 1.95. The number of ether oxygens (including phenoxy) is 2. The number of benzene rings is 1.